The Labute approximate surface area is 106 Å². The molecule has 5 nitrogen and oxygen atoms in total. The first-order valence-electron chi connectivity index (χ1n) is 6.15. The molecule has 1 aromatic rings. The van der Waals surface area contributed by atoms with Crippen molar-refractivity contribution in [1.29, 1.82) is 0 Å². The van der Waals surface area contributed by atoms with Crippen molar-refractivity contribution in [3.05, 3.63) is 29.6 Å². The minimum atomic E-state index is -0.368. The molecular weight excluding hydrogens is 230 g/mol. The van der Waals surface area contributed by atoms with E-state index in [9.17, 15) is 9.59 Å². The summed E-state index contributed by atoms with van der Waals surface area (Å²) in [6.07, 6.45) is 2.19. The van der Waals surface area contributed by atoms with Crippen molar-refractivity contribution in [2.75, 3.05) is 13.1 Å². The van der Waals surface area contributed by atoms with E-state index in [0.29, 0.717) is 25.1 Å². The fraction of sp³-hybridized carbons (Fsp3) is 0.462. The van der Waals surface area contributed by atoms with Crippen LogP contribution in [0.15, 0.2) is 18.3 Å². The summed E-state index contributed by atoms with van der Waals surface area (Å²) < 4.78 is 0. The summed E-state index contributed by atoms with van der Waals surface area (Å²) in [4.78, 5) is 29.8. The highest BCUT2D eigenvalue weighted by molar-refractivity contribution is 5.97. The molecule has 2 heterocycles. The first-order valence-corrected chi connectivity index (χ1v) is 6.15. The van der Waals surface area contributed by atoms with Gasteiger partial charge in [0.1, 0.15) is 6.04 Å². The summed E-state index contributed by atoms with van der Waals surface area (Å²) in [6.45, 7) is 4.85. The van der Waals surface area contributed by atoms with Gasteiger partial charge in [-0.3, -0.25) is 14.6 Å². The third-order valence-electron chi connectivity index (χ3n) is 3.14. The van der Waals surface area contributed by atoms with Gasteiger partial charge in [-0.25, -0.2) is 0 Å². The fourth-order valence-electron chi connectivity index (χ4n) is 2.12. The Balaban J connectivity index is 2.21. The average molecular weight is 247 g/mol. The highest BCUT2D eigenvalue weighted by Crippen LogP contribution is 2.13. The van der Waals surface area contributed by atoms with Gasteiger partial charge in [0.25, 0.3) is 5.91 Å². The minimum absolute atomic E-state index is 0.0721. The molecule has 1 aliphatic rings. The van der Waals surface area contributed by atoms with Gasteiger partial charge >= 0.3 is 0 Å². The normalized spacial score (nSPS) is 19.6. The van der Waals surface area contributed by atoms with E-state index in [1.807, 2.05) is 13.8 Å². The predicted molar refractivity (Wildman–Crippen MR) is 67.1 cm³/mol. The molecular formula is C13H17N3O2. The zero-order chi connectivity index (χ0) is 13.1. The molecule has 0 bridgehead atoms. The molecule has 2 amide bonds. The molecule has 1 aromatic heterocycles. The molecule has 2 rings (SSSR count). The number of aromatic nitrogens is 1. The molecule has 1 unspecified atom stereocenters. The van der Waals surface area contributed by atoms with Crippen LogP contribution in [-0.4, -0.2) is 40.8 Å². The molecule has 0 saturated carbocycles. The van der Waals surface area contributed by atoms with Gasteiger partial charge in [-0.05, 0) is 25.5 Å². The van der Waals surface area contributed by atoms with Crippen molar-refractivity contribution in [3.63, 3.8) is 0 Å². The van der Waals surface area contributed by atoms with E-state index in [1.54, 1.807) is 23.2 Å². The third-order valence-corrected chi connectivity index (χ3v) is 3.14. The fourth-order valence-corrected chi connectivity index (χ4v) is 2.12. The van der Waals surface area contributed by atoms with E-state index < -0.39 is 0 Å². The van der Waals surface area contributed by atoms with Crippen LogP contribution in [0, 0.1) is 6.92 Å². The summed E-state index contributed by atoms with van der Waals surface area (Å²) in [6, 6.07) is 3.19. The molecule has 1 aliphatic heterocycles. The standard InChI is InChI=1S/C13H17N3O2/c1-3-11-12(17)14-6-7-16(11)13(18)10-5-4-9(2)15-8-10/h4-5,8,11H,3,6-7H2,1-2H3,(H,14,17). The lowest BCUT2D eigenvalue weighted by Crippen LogP contribution is -2.56. The quantitative estimate of drug-likeness (QED) is 0.838. The maximum absolute atomic E-state index is 12.3. The van der Waals surface area contributed by atoms with Gasteiger partial charge < -0.3 is 10.2 Å². The third kappa shape index (κ3) is 2.34. The van der Waals surface area contributed by atoms with Crippen LogP contribution in [0.25, 0.3) is 0 Å². The van der Waals surface area contributed by atoms with Gasteiger partial charge in [-0.1, -0.05) is 6.92 Å². The number of hydrogen-bond donors (Lipinski definition) is 1. The largest absolute Gasteiger partial charge is 0.353 e. The van der Waals surface area contributed by atoms with Crippen molar-refractivity contribution in [1.82, 2.24) is 15.2 Å². The minimum Gasteiger partial charge on any atom is -0.353 e. The van der Waals surface area contributed by atoms with Gasteiger partial charge in [-0.2, -0.15) is 0 Å². The van der Waals surface area contributed by atoms with Crippen molar-refractivity contribution in [2.24, 2.45) is 0 Å². The van der Waals surface area contributed by atoms with E-state index >= 15 is 0 Å². The monoisotopic (exact) mass is 247 g/mol. The summed E-state index contributed by atoms with van der Waals surface area (Å²) in [5.74, 6) is -0.193. The highest BCUT2D eigenvalue weighted by atomic mass is 16.2. The number of aryl methyl sites for hydroxylation is 1. The Hall–Kier alpha value is -1.91. The van der Waals surface area contributed by atoms with Crippen LogP contribution in [0.3, 0.4) is 0 Å². The smallest absolute Gasteiger partial charge is 0.256 e. The van der Waals surface area contributed by atoms with E-state index in [2.05, 4.69) is 10.3 Å². The van der Waals surface area contributed by atoms with Crippen LogP contribution >= 0.6 is 0 Å². The van der Waals surface area contributed by atoms with Gasteiger partial charge in [0.05, 0.1) is 5.56 Å². The van der Waals surface area contributed by atoms with Crippen molar-refractivity contribution in [3.8, 4) is 0 Å². The van der Waals surface area contributed by atoms with E-state index in [-0.39, 0.29) is 17.9 Å². The number of nitrogens with one attached hydrogen (secondary N) is 1. The predicted octanol–water partition coefficient (Wildman–Crippen LogP) is 0.741. The van der Waals surface area contributed by atoms with E-state index in [4.69, 9.17) is 0 Å². The zero-order valence-electron chi connectivity index (χ0n) is 10.6. The van der Waals surface area contributed by atoms with Crippen LogP contribution in [0.1, 0.15) is 29.4 Å². The Morgan fingerprint density at radius 2 is 2.33 bits per heavy atom. The molecule has 0 spiro atoms. The molecule has 5 heteroatoms. The van der Waals surface area contributed by atoms with Crippen molar-refractivity contribution >= 4 is 11.8 Å². The van der Waals surface area contributed by atoms with Gasteiger partial charge in [-0.15, -0.1) is 0 Å². The van der Waals surface area contributed by atoms with Crippen LogP contribution in [-0.2, 0) is 4.79 Å². The maximum atomic E-state index is 12.3. The number of pyridine rings is 1. The van der Waals surface area contributed by atoms with Gasteiger partial charge in [0, 0.05) is 25.0 Å². The summed E-state index contributed by atoms with van der Waals surface area (Å²) >= 11 is 0. The maximum Gasteiger partial charge on any atom is 0.256 e. The number of piperazine rings is 1. The van der Waals surface area contributed by atoms with Crippen molar-refractivity contribution in [2.45, 2.75) is 26.3 Å². The van der Waals surface area contributed by atoms with Crippen LogP contribution < -0.4 is 5.32 Å². The number of nitrogens with zero attached hydrogens (tertiary/aromatic N) is 2. The highest BCUT2D eigenvalue weighted by Gasteiger charge is 2.32. The number of carbonyl (C=O) groups excluding carboxylic acids is 2. The van der Waals surface area contributed by atoms with Crippen LogP contribution in [0.2, 0.25) is 0 Å². The lowest BCUT2D eigenvalue weighted by Gasteiger charge is -2.34. The summed E-state index contributed by atoms with van der Waals surface area (Å²) in [5.41, 5.74) is 1.41. The van der Waals surface area contributed by atoms with Crippen molar-refractivity contribution < 1.29 is 9.59 Å². The second-order valence-electron chi connectivity index (χ2n) is 4.40. The molecule has 1 atom stereocenters. The van der Waals surface area contributed by atoms with Crippen LogP contribution in [0.4, 0.5) is 0 Å². The number of amides is 2. The molecule has 96 valence electrons. The Bertz CT molecular complexity index is 456. The first kappa shape index (κ1) is 12.5. The number of rotatable bonds is 2. The molecule has 0 aliphatic carbocycles. The molecule has 1 fully saturated rings. The summed E-state index contributed by atoms with van der Waals surface area (Å²) in [5, 5.41) is 2.78. The lowest BCUT2D eigenvalue weighted by molar-refractivity contribution is -0.127. The molecule has 1 saturated heterocycles. The topological polar surface area (TPSA) is 62.3 Å². The average Bonchev–Trinajstić information content (AvgIpc) is 2.38. The Morgan fingerprint density at radius 3 is 2.94 bits per heavy atom. The number of carbonyl (C=O) groups is 2. The Morgan fingerprint density at radius 1 is 1.56 bits per heavy atom. The summed E-state index contributed by atoms with van der Waals surface area (Å²) in [7, 11) is 0. The zero-order valence-corrected chi connectivity index (χ0v) is 10.6. The number of hydrogen-bond acceptors (Lipinski definition) is 3. The van der Waals surface area contributed by atoms with Gasteiger partial charge in [0.15, 0.2) is 0 Å². The van der Waals surface area contributed by atoms with Gasteiger partial charge in [0.2, 0.25) is 5.91 Å². The Kier molecular flexibility index (Phi) is 3.60. The molecule has 0 radical (unpaired) electrons. The second-order valence-corrected chi connectivity index (χ2v) is 4.40. The molecule has 0 aromatic carbocycles. The second kappa shape index (κ2) is 5.16. The first-order chi connectivity index (χ1) is 8.63. The lowest BCUT2D eigenvalue weighted by atomic mass is 10.1. The van der Waals surface area contributed by atoms with Crippen LogP contribution in [0.5, 0.6) is 0 Å². The SMILES string of the molecule is CCC1C(=O)NCCN1C(=O)c1ccc(C)nc1. The molecule has 18 heavy (non-hydrogen) atoms. The van der Waals surface area contributed by atoms with E-state index in [0.717, 1.165) is 5.69 Å². The molecule has 1 N–H and O–H groups in total. The van der Waals surface area contributed by atoms with E-state index in [1.165, 1.54) is 0 Å².